The van der Waals surface area contributed by atoms with Crippen molar-refractivity contribution in [3.8, 4) is 0 Å². The van der Waals surface area contributed by atoms with Gasteiger partial charge in [-0.25, -0.2) is 0 Å². The highest BCUT2D eigenvalue weighted by Crippen LogP contribution is 2.37. The standard InChI is InChI=1S/C16H22N2O3/c1-12-8-13(10-17-9-12)15(19)18-6-5-16(4-3-7-21-16)14(11-18)20-2/h8-10,14H,3-7,11H2,1-2H3/t14-,16-/m0/s1. The molecule has 0 aromatic carbocycles. The van der Waals surface area contributed by atoms with Gasteiger partial charge in [-0.3, -0.25) is 9.78 Å². The molecule has 0 saturated carbocycles. The maximum absolute atomic E-state index is 12.6. The summed E-state index contributed by atoms with van der Waals surface area (Å²) in [5.41, 5.74) is 1.46. The van der Waals surface area contributed by atoms with Crippen LogP contribution in [-0.4, -0.2) is 54.3 Å². The maximum Gasteiger partial charge on any atom is 0.255 e. The molecule has 0 N–H and O–H groups in total. The largest absolute Gasteiger partial charge is 0.377 e. The number of amides is 1. The van der Waals surface area contributed by atoms with E-state index in [0.29, 0.717) is 18.7 Å². The summed E-state index contributed by atoms with van der Waals surface area (Å²) in [6.07, 6.45) is 6.29. The number of rotatable bonds is 2. The van der Waals surface area contributed by atoms with E-state index >= 15 is 0 Å². The van der Waals surface area contributed by atoms with Crippen molar-refractivity contribution in [3.63, 3.8) is 0 Å². The van der Waals surface area contributed by atoms with E-state index in [1.54, 1.807) is 19.5 Å². The van der Waals surface area contributed by atoms with Crippen LogP contribution < -0.4 is 0 Å². The van der Waals surface area contributed by atoms with Crippen LogP contribution in [0.5, 0.6) is 0 Å². The molecule has 5 heteroatoms. The van der Waals surface area contributed by atoms with E-state index in [4.69, 9.17) is 9.47 Å². The Balaban J connectivity index is 1.75. The molecule has 5 nitrogen and oxygen atoms in total. The Morgan fingerprint density at radius 1 is 1.48 bits per heavy atom. The van der Waals surface area contributed by atoms with Gasteiger partial charge in [0.2, 0.25) is 0 Å². The first-order valence-corrected chi connectivity index (χ1v) is 7.52. The average molecular weight is 290 g/mol. The summed E-state index contributed by atoms with van der Waals surface area (Å²) in [4.78, 5) is 18.6. The fraction of sp³-hybridized carbons (Fsp3) is 0.625. The summed E-state index contributed by atoms with van der Waals surface area (Å²) in [5, 5.41) is 0. The summed E-state index contributed by atoms with van der Waals surface area (Å²) in [5.74, 6) is 0.0288. The zero-order chi connectivity index (χ0) is 14.9. The lowest BCUT2D eigenvalue weighted by Gasteiger charge is -2.44. The number of aryl methyl sites for hydroxylation is 1. The van der Waals surface area contributed by atoms with Crippen molar-refractivity contribution < 1.29 is 14.3 Å². The number of aromatic nitrogens is 1. The van der Waals surface area contributed by atoms with Crippen LogP contribution in [0, 0.1) is 6.92 Å². The molecule has 2 atom stereocenters. The first-order valence-electron chi connectivity index (χ1n) is 7.52. The second kappa shape index (κ2) is 5.73. The van der Waals surface area contributed by atoms with Gasteiger partial charge >= 0.3 is 0 Å². The predicted octanol–water partition coefficient (Wildman–Crippen LogP) is 1.80. The first-order chi connectivity index (χ1) is 10.1. The lowest BCUT2D eigenvalue weighted by atomic mass is 9.85. The Morgan fingerprint density at radius 2 is 2.33 bits per heavy atom. The molecule has 3 rings (SSSR count). The van der Waals surface area contributed by atoms with E-state index in [-0.39, 0.29) is 17.6 Å². The van der Waals surface area contributed by atoms with Crippen LogP contribution >= 0.6 is 0 Å². The minimum absolute atomic E-state index is 0.0288. The van der Waals surface area contributed by atoms with Gasteiger partial charge in [0.05, 0.1) is 11.2 Å². The number of carbonyl (C=O) groups excluding carboxylic acids is 1. The Labute approximate surface area is 125 Å². The third-order valence-electron chi connectivity index (χ3n) is 4.61. The molecule has 0 radical (unpaired) electrons. The van der Waals surface area contributed by atoms with Crippen LogP contribution in [-0.2, 0) is 9.47 Å². The van der Waals surface area contributed by atoms with Crippen LogP contribution in [0.2, 0.25) is 0 Å². The molecule has 2 fully saturated rings. The van der Waals surface area contributed by atoms with E-state index < -0.39 is 0 Å². The number of likely N-dealkylation sites (tertiary alicyclic amines) is 1. The van der Waals surface area contributed by atoms with Crippen LogP contribution in [0.1, 0.15) is 35.2 Å². The molecule has 1 spiro atoms. The number of methoxy groups -OCH3 is 1. The van der Waals surface area contributed by atoms with Crippen LogP contribution in [0.15, 0.2) is 18.5 Å². The van der Waals surface area contributed by atoms with Crippen LogP contribution in [0.25, 0.3) is 0 Å². The number of piperidine rings is 1. The zero-order valence-corrected chi connectivity index (χ0v) is 12.7. The van der Waals surface area contributed by atoms with E-state index in [0.717, 1.165) is 31.4 Å². The topological polar surface area (TPSA) is 51.7 Å². The fourth-order valence-electron chi connectivity index (χ4n) is 3.44. The maximum atomic E-state index is 12.6. The highest BCUT2D eigenvalue weighted by Gasteiger charge is 2.47. The van der Waals surface area contributed by atoms with Gasteiger partial charge in [0.1, 0.15) is 6.10 Å². The highest BCUT2D eigenvalue weighted by atomic mass is 16.5. The monoisotopic (exact) mass is 290 g/mol. The molecular weight excluding hydrogens is 268 g/mol. The van der Waals surface area contributed by atoms with Gasteiger partial charge in [-0.15, -0.1) is 0 Å². The number of hydrogen-bond donors (Lipinski definition) is 0. The second-order valence-electron chi connectivity index (χ2n) is 5.99. The quantitative estimate of drug-likeness (QED) is 0.833. The molecule has 0 bridgehead atoms. The van der Waals surface area contributed by atoms with Gasteiger partial charge in [0.15, 0.2) is 0 Å². The lowest BCUT2D eigenvalue weighted by molar-refractivity contribution is -0.136. The molecule has 2 aliphatic rings. The van der Waals surface area contributed by atoms with Crippen molar-refractivity contribution in [2.75, 3.05) is 26.8 Å². The van der Waals surface area contributed by atoms with E-state index in [2.05, 4.69) is 4.98 Å². The second-order valence-corrected chi connectivity index (χ2v) is 5.99. The molecule has 2 saturated heterocycles. The molecule has 1 aromatic heterocycles. The number of nitrogens with zero attached hydrogens (tertiary/aromatic N) is 2. The lowest BCUT2D eigenvalue weighted by Crippen LogP contribution is -2.57. The van der Waals surface area contributed by atoms with Crippen molar-refractivity contribution >= 4 is 5.91 Å². The van der Waals surface area contributed by atoms with Crippen molar-refractivity contribution in [2.24, 2.45) is 0 Å². The zero-order valence-electron chi connectivity index (χ0n) is 12.7. The third kappa shape index (κ3) is 2.68. The molecule has 2 aliphatic heterocycles. The minimum atomic E-state index is -0.184. The summed E-state index contributed by atoms with van der Waals surface area (Å²) < 4.78 is 11.6. The normalized spacial score (nSPS) is 29.0. The number of ether oxygens (including phenoxy) is 2. The Kier molecular flexibility index (Phi) is 3.95. The molecule has 21 heavy (non-hydrogen) atoms. The summed E-state index contributed by atoms with van der Waals surface area (Å²) >= 11 is 0. The summed E-state index contributed by atoms with van der Waals surface area (Å²) in [6, 6.07) is 1.88. The SMILES string of the molecule is CO[C@H]1CN(C(=O)c2cncc(C)c2)CC[C@@]12CCCO2. The Morgan fingerprint density at radius 3 is 3.00 bits per heavy atom. The molecule has 0 unspecified atom stereocenters. The van der Waals surface area contributed by atoms with Gasteiger partial charge in [-0.2, -0.15) is 0 Å². The molecule has 3 heterocycles. The highest BCUT2D eigenvalue weighted by molar-refractivity contribution is 5.94. The number of pyridine rings is 1. The molecule has 1 amide bonds. The molecule has 0 aliphatic carbocycles. The van der Waals surface area contributed by atoms with Gasteiger partial charge in [0, 0.05) is 39.2 Å². The third-order valence-corrected chi connectivity index (χ3v) is 4.61. The van der Waals surface area contributed by atoms with Crippen LogP contribution in [0.4, 0.5) is 0 Å². The van der Waals surface area contributed by atoms with Gasteiger partial charge < -0.3 is 14.4 Å². The van der Waals surface area contributed by atoms with Gasteiger partial charge in [-0.1, -0.05) is 0 Å². The Bertz CT molecular complexity index is 526. The Hall–Kier alpha value is -1.46. The van der Waals surface area contributed by atoms with Crippen LogP contribution in [0.3, 0.4) is 0 Å². The minimum Gasteiger partial charge on any atom is -0.377 e. The van der Waals surface area contributed by atoms with Crippen molar-refractivity contribution in [1.82, 2.24) is 9.88 Å². The van der Waals surface area contributed by atoms with Crippen molar-refractivity contribution in [3.05, 3.63) is 29.6 Å². The summed E-state index contributed by atoms with van der Waals surface area (Å²) in [6.45, 7) is 4.05. The van der Waals surface area contributed by atoms with E-state index in [9.17, 15) is 4.79 Å². The predicted molar refractivity (Wildman–Crippen MR) is 78.2 cm³/mol. The van der Waals surface area contributed by atoms with E-state index in [1.165, 1.54) is 0 Å². The van der Waals surface area contributed by atoms with Gasteiger partial charge in [0.25, 0.3) is 5.91 Å². The average Bonchev–Trinajstić information content (AvgIpc) is 2.96. The molecule has 114 valence electrons. The number of carbonyl (C=O) groups is 1. The number of hydrogen-bond acceptors (Lipinski definition) is 4. The van der Waals surface area contributed by atoms with Gasteiger partial charge in [-0.05, 0) is 37.8 Å². The smallest absolute Gasteiger partial charge is 0.255 e. The fourth-order valence-corrected chi connectivity index (χ4v) is 3.44. The first kappa shape index (κ1) is 14.5. The van der Waals surface area contributed by atoms with E-state index in [1.807, 2.05) is 17.9 Å². The molecular formula is C16H22N2O3. The van der Waals surface area contributed by atoms with Crippen molar-refractivity contribution in [2.45, 2.75) is 37.9 Å². The molecule has 1 aromatic rings. The summed E-state index contributed by atoms with van der Waals surface area (Å²) in [7, 11) is 1.70. The van der Waals surface area contributed by atoms with Crippen molar-refractivity contribution in [1.29, 1.82) is 0 Å².